The van der Waals surface area contributed by atoms with E-state index in [0.29, 0.717) is 13.1 Å². The van der Waals surface area contributed by atoms with Crippen LogP contribution in [0.1, 0.15) is 23.6 Å². The summed E-state index contributed by atoms with van der Waals surface area (Å²) in [4.78, 5) is 14.3. The monoisotopic (exact) mass is 280 g/mol. The minimum absolute atomic E-state index is 0.125. The number of nitrogens with one attached hydrogen (secondary N) is 1. The van der Waals surface area contributed by atoms with E-state index in [1.165, 1.54) is 11.1 Å². The number of nitrogens with zero attached hydrogens (tertiary/aromatic N) is 1. The van der Waals surface area contributed by atoms with Gasteiger partial charge in [0, 0.05) is 12.2 Å². The predicted molar refractivity (Wildman–Crippen MR) is 85.2 cm³/mol. The Morgan fingerprint density at radius 2 is 1.71 bits per heavy atom. The molecule has 0 saturated carbocycles. The van der Waals surface area contributed by atoms with Gasteiger partial charge >= 0.3 is 0 Å². The molecule has 1 amide bonds. The Labute approximate surface area is 125 Å². The second kappa shape index (κ2) is 6.10. The van der Waals surface area contributed by atoms with Gasteiger partial charge in [-0.15, -0.1) is 0 Å². The molecule has 0 aromatic heterocycles. The van der Waals surface area contributed by atoms with Crippen molar-refractivity contribution < 1.29 is 4.79 Å². The number of para-hydroxylation sites is 1. The summed E-state index contributed by atoms with van der Waals surface area (Å²) in [5, 5.41) is 3.20. The van der Waals surface area contributed by atoms with Crippen LogP contribution in [-0.4, -0.2) is 12.5 Å². The first kappa shape index (κ1) is 13.8. The van der Waals surface area contributed by atoms with Gasteiger partial charge in [-0.05, 0) is 29.2 Å². The fraction of sp³-hybridized carbons (Fsp3) is 0.278. The van der Waals surface area contributed by atoms with Gasteiger partial charge in [-0.25, -0.2) is 0 Å². The summed E-state index contributed by atoms with van der Waals surface area (Å²) >= 11 is 0. The summed E-state index contributed by atoms with van der Waals surface area (Å²) in [6, 6.07) is 16.6. The molecule has 2 aromatic carbocycles. The molecule has 0 atom stereocenters. The fourth-order valence-electron chi connectivity index (χ4n) is 2.69. The number of carbonyl (C=O) groups is 1. The van der Waals surface area contributed by atoms with Gasteiger partial charge in [0.05, 0.1) is 13.1 Å². The van der Waals surface area contributed by atoms with Crippen molar-refractivity contribution in [3.63, 3.8) is 0 Å². The molecule has 1 heterocycles. The smallest absolute Gasteiger partial charge is 0.241 e. The van der Waals surface area contributed by atoms with Crippen LogP contribution in [0.15, 0.2) is 48.5 Å². The van der Waals surface area contributed by atoms with E-state index < -0.39 is 0 Å². The van der Waals surface area contributed by atoms with Gasteiger partial charge < -0.3 is 10.2 Å². The van der Waals surface area contributed by atoms with Crippen LogP contribution in [0, 0.1) is 0 Å². The second-order valence-corrected chi connectivity index (χ2v) is 5.38. The first-order valence-corrected chi connectivity index (χ1v) is 7.44. The molecular weight excluding hydrogens is 260 g/mol. The van der Waals surface area contributed by atoms with Crippen LogP contribution in [0.4, 0.5) is 5.69 Å². The Balaban J connectivity index is 1.90. The number of benzene rings is 2. The van der Waals surface area contributed by atoms with Crippen molar-refractivity contribution in [2.24, 2.45) is 0 Å². The Hall–Kier alpha value is -2.13. The molecule has 3 heteroatoms. The average molecular weight is 280 g/mol. The molecule has 21 heavy (non-hydrogen) atoms. The van der Waals surface area contributed by atoms with Crippen LogP contribution in [0.25, 0.3) is 0 Å². The molecule has 2 aromatic rings. The zero-order chi connectivity index (χ0) is 14.7. The molecule has 0 spiro atoms. The third-order valence-corrected chi connectivity index (χ3v) is 3.95. The molecule has 1 aliphatic heterocycles. The van der Waals surface area contributed by atoms with E-state index in [4.69, 9.17) is 0 Å². The number of rotatable bonds is 3. The lowest BCUT2D eigenvalue weighted by Gasteiger charge is -2.23. The normalized spacial score (nSPS) is 14.7. The molecule has 0 aliphatic carbocycles. The van der Waals surface area contributed by atoms with Crippen LogP contribution in [-0.2, 0) is 24.3 Å². The highest BCUT2D eigenvalue weighted by molar-refractivity contribution is 5.96. The Morgan fingerprint density at radius 1 is 1.00 bits per heavy atom. The maximum Gasteiger partial charge on any atom is 0.241 e. The summed E-state index contributed by atoms with van der Waals surface area (Å²) < 4.78 is 0. The standard InChI is InChI=1S/C18H20N2O/c1-2-14-7-9-15(10-8-14)13-20-17-6-4-3-5-16(17)11-19-12-18(20)21/h3-10,19H,2,11-13H2,1H3. The molecule has 0 fully saturated rings. The summed E-state index contributed by atoms with van der Waals surface area (Å²) in [7, 11) is 0. The maximum absolute atomic E-state index is 12.4. The van der Waals surface area contributed by atoms with Crippen LogP contribution in [0.2, 0.25) is 0 Å². The van der Waals surface area contributed by atoms with Gasteiger partial charge in [0.1, 0.15) is 0 Å². The third-order valence-electron chi connectivity index (χ3n) is 3.95. The first-order chi connectivity index (χ1) is 10.3. The first-order valence-electron chi connectivity index (χ1n) is 7.44. The van der Waals surface area contributed by atoms with E-state index in [0.717, 1.165) is 24.2 Å². The van der Waals surface area contributed by atoms with Crippen molar-refractivity contribution in [3.05, 3.63) is 65.2 Å². The molecule has 3 nitrogen and oxygen atoms in total. The molecular formula is C18H20N2O. The lowest BCUT2D eigenvalue weighted by atomic mass is 10.1. The van der Waals surface area contributed by atoms with Crippen LogP contribution in [0.5, 0.6) is 0 Å². The van der Waals surface area contributed by atoms with Gasteiger partial charge in [0.25, 0.3) is 0 Å². The topological polar surface area (TPSA) is 32.3 Å². The second-order valence-electron chi connectivity index (χ2n) is 5.38. The lowest BCUT2D eigenvalue weighted by Crippen LogP contribution is -2.35. The molecule has 0 radical (unpaired) electrons. The fourth-order valence-corrected chi connectivity index (χ4v) is 2.69. The maximum atomic E-state index is 12.4. The Morgan fingerprint density at radius 3 is 2.48 bits per heavy atom. The van der Waals surface area contributed by atoms with Crippen LogP contribution in [0.3, 0.4) is 0 Å². The van der Waals surface area contributed by atoms with Crippen LogP contribution >= 0.6 is 0 Å². The molecule has 0 unspecified atom stereocenters. The number of hydrogen-bond acceptors (Lipinski definition) is 2. The quantitative estimate of drug-likeness (QED) is 0.937. The third kappa shape index (κ3) is 2.98. The van der Waals surface area contributed by atoms with Crippen molar-refractivity contribution in [3.8, 4) is 0 Å². The highest BCUT2D eigenvalue weighted by Gasteiger charge is 2.21. The van der Waals surface area contributed by atoms with E-state index in [2.05, 4.69) is 42.6 Å². The van der Waals surface area contributed by atoms with Crippen molar-refractivity contribution in [1.82, 2.24) is 5.32 Å². The van der Waals surface area contributed by atoms with Crippen molar-refractivity contribution in [1.29, 1.82) is 0 Å². The highest BCUT2D eigenvalue weighted by atomic mass is 16.2. The molecule has 0 bridgehead atoms. The van der Waals surface area contributed by atoms with Crippen molar-refractivity contribution in [2.75, 3.05) is 11.4 Å². The zero-order valence-electron chi connectivity index (χ0n) is 12.3. The minimum atomic E-state index is 0.125. The average Bonchev–Trinajstić information content (AvgIpc) is 2.68. The SMILES string of the molecule is CCc1ccc(CN2C(=O)CNCc3ccccc32)cc1. The Bertz CT molecular complexity index is 634. The molecule has 3 rings (SSSR count). The Kier molecular flexibility index (Phi) is 4.02. The molecule has 0 saturated heterocycles. The summed E-state index contributed by atoms with van der Waals surface area (Å²) in [6.07, 6.45) is 1.04. The number of amides is 1. The van der Waals surface area contributed by atoms with Gasteiger partial charge in [0.2, 0.25) is 5.91 Å². The number of aryl methyl sites for hydroxylation is 1. The molecule has 1 N–H and O–H groups in total. The summed E-state index contributed by atoms with van der Waals surface area (Å²) in [6.45, 7) is 3.91. The highest BCUT2D eigenvalue weighted by Crippen LogP contribution is 2.24. The van der Waals surface area contributed by atoms with Crippen molar-refractivity contribution >= 4 is 11.6 Å². The number of fused-ring (bicyclic) bond motifs is 1. The van der Waals surface area contributed by atoms with E-state index in [9.17, 15) is 4.79 Å². The predicted octanol–water partition coefficient (Wildman–Crippen LogP) is 2.89. The van der Waals surface area contributed by atoms with Crippen LogP contribution < -0.4 is 10.2 Å². The lowest BCUT2D eigenvalue weighted by molar-refractivity contribution is -0.117. The van der Waals surface area contributed by atoms with Gasteiger partial charge in [-0.1, -0.05) is 49.4 Å². The largest absolute Gasteiger partial charge is 0.307 e. The van der Waals surface area contributed by atoms with E-state index >= 15 is 0 Å². The van der Waals surface area contributed by atoms with Gasteiger partial charge in [-0.2, -0.15) is 0 Å². The molecule has 108 valence electrons. The van der Waals surface area contributed by atoms with Crippen molar-refractivity contribution in [2.45, 2.75) is 26.4 Å². The minimum Gasteiger partial charge on any atom is -0.307 e. The summed E-state index contributed by atoms with van der Waals surface area (Å²) in [5.74, 6) is 0.125. The van der Waals surface area contributed by atoms with E-state index in [1.807, 2.05) is 23.1 Å². The van der Waals surface area contributed by atoms with Gasteiger partial charge in [-0.3, -0.25) is 4.79 Å². The van der Waals surface area contributed by atoms with Gasteiger partial charge in [0.15, 0.2) is 0 Å². The van der Waals surface area contributed by atoms with E-state index in [-0.39, 0.29) is 5.91 Å². The van der Waals surface area contributed by atoms with E-state index in [1.54, 1.807) is 0 Å². The number of carbonyl (C=O) groups excluding carboxylic acids is 1. The zero-order valence-corrected chi connectivity index (χ0v) is 12.3. The number of hydrogen-bond donors (Lipinski definition) is 1. The summed E-state index contributed by atoms with van der Waals surface area (Å²) in [5.41, 5.74) is 4.68. The molecule has 1 aliphatic rings. The number of anilines is 1.